The molecule has 174 valence electrons. The lowest BCUT2D eigenvalue weighted by Gasteiger charge is -2.28. The Balaban J connectivity index is 1.73. The van der Waals surface area contributed by atoms with Gasteiger partial charge in [-0.3, -0.25) is 4.57 Å². The lowest BCUT2D eigenvalue weighted by molar-refractivity contribution is 0.0696. The maximum absolute atomic E-state index is 13.6. The van der Waals surface area contributed by atoms with E-state index in [0.717, 1.165) is 11.3 Å². The van der Waals surface area contributed by atoms with Crippen molar-refractivity contribution in [2.75, 3.05) is 0 Å². The first kappa shape index (κ1) is 23.7. The molecule has 0 aliphatic rings. The molecule has 0 spiro atoms. The molecule has 6 nitrogen and oxygen atoms in total. The second-order valence-electron chi connectivity index (χ2n) is 8.10. The van der Waals surface area contributed by atoms with E-state index in [1.54, 1.807) is 24.4 Å². The van der Waals surface area contributed by atoms with Crippen LogP contribution >= 0.6 is 23.2 Å². The zero-order valence-electron chi connectivity index (χ0n) is 18.3. The smallest absolute Gasteiger partial charge is 0.337 e. The largest absolute Gasteiger partial charge is 0.478 e. The van der Waals surface area contributed by atoms with Crippen LogP contribution in [0.5, 0.6) is 5.88 Å². The van der Waals surface area contributed by atoms with Crippen molar-refractivity contribution in [1.29, 1.82) is 0 Å². The molecule has 9 heteroatoms. The number of rotatable bonds is 7. The molecule has 0 saturated heterocycles. The number of pyridine rings is 1. The molecule has 0 bridgehead atoms. The van der Waals surface area contributed by atoms with Crippen LogP contribution in [0.4, 0.5) is 4.39 Å². The minimum Gasteiger partial charge on any atom is -0.478 e. The molecule has 2 heterocycles. The summed E-state index contributed by atoms with van der Waals surface area (Å²) in [5.74, 6) is -0.613. The highest BCUT2D eigenvalue weighted by molar-refractivity contribution is 6.42. The first-order valence-electron chi connectivity index (χ1n) is 10.3. The van der Waals surface area contributed by atoms with Crippen molar-refractivity contribution in [3.8, 4) is 11.6 Å². The van der Waals surface area contributed by atoms with Gasteiger partial charge < -0.3 is 9.84 Å². The molecule has 0 aliphatic carbocycles. The summed E-state index contributed by atoms with van der Waals surface area (Å²) < 4.78 is 21.3. The summed E-state index contributed by atoms with van der Waals surface area (Å²) in [6.45, 7) is 4.11. The number of hydrogen-bond acceptors (Lipinski definition) is 4. The van der Waals surface area contributed by atoms with Gasteiger partial charge in [-0.2, -0.15) is 0 Å². The first-order valence-corrected chi connectivity index (χ1v) is 11.0. The summed E-state index contributed by atoms with van der Waals surface area (Å²) in [5, 5.41) is 9.94. The summed E-state index contributed by atoms with van der Waals surface area (Å²) in [4.78, 5) is 19.6. The van der Waals surface area contributed by atoms with Gasteiger partial charge in [0.05, 0.1) is 21.3 Å². The third-order valence-corrected chi connectivity index (χ3v) is 6.27. The lowest BCUT2D eigenvalue weighted by atomic mass is 9.81. The van der Waals surface area contributed by atoms with Crippen molar-refractivity contribution in [3.63, 3.8) is 0 Å². The molecule has 4 aromatic rings. The average Bonchev–Trinajstić information content (AvgIpc) is 3.25. The number of halogens is 3. The maximum Gasteiger partial charge on any atom is 0.337 e. The van der Waals surface area contributed by atoms with E-state index in [-0.39, 0.29) is 23.9 Å². The SMILES string of the molecule is CC(C)(c1ccc(Cl)c(Cl)c1)c1cnc(COc2ccc(C(=O)O)cn2)n1-c1ccc(F)cc1. The van der Waals surface area contributed by atoms with E-state index >= 15 is 0 Å². The van der Waals surface area contributed by atoms with Gasteiger partial charge in [0.1, 0.15) is 12.4 Å². The Bertz CT molecular complexity index is 1340. The summed E-state index contributed by atoms with van der Waals surface area (Å²) in [6, 6.07) is 14.4. The quantitative estimate of drug-likeness (QED) is 0.322. The Morgan fingerprint density at radius 2 is 1.76 bits per heavy atom. The van der Waals surface area contributed by atoms with Gasteiger partial charge in [-0.15, -0.1) is 0 Å². The fourth-order valence-electron chi connectivity index (χ4n) is 3.57. The number of nitrogens with zero attached hydrogens (tertiary/aromatic N) is 3. The van der Waals surface area contributed by atoms with E-state index in [0.29, 0.717) is 21.6 Å². The number of hydrogen-bond donors (Lipinski definition) is 1. The van der Waals surface area contributed by atoms with Crippen molar-refractivity contribution < 1.29 is 19.0 Å². The number of ether oxygens (including phenoxy) is 1. The van der Waals surface area contributed by atoms with E-state index in [4.69, 9.17) is 33.0 Å². The normalized spacial score (nSPS) is 11.4. The molecule has 0 aliphatic heterocycles. The highest BCUT2D eigenvalue weighted by Crippen LogP contribution is 2.36. The van der Waals surface area contributed by atoms with Gasteiger partial charge in [0.15, 0.2) is 5.82 Å². The molecule has 1 N–H and O–H groups in total. The van der Waals surface area contributed by atoms with Gasteiger partial charge >= 0.3 is 5.97 Å². The molecule has 0 saturated carbocycles. The van der Waals surface area contributed by atoms with Crippen LogP contribution in [0.25, 0.3) is 5.69 Å². The summed E-state index contributed by atoms with van der Waals surface area (Å²) in [7, 11) is 0. The van der Waals surface area contributed by atoms with Gasteiger partial charge in [0, 0.05) is 29.6 Å². The Hall–Kier alpha value is -3.42. The second-order valence-corrected chi connectivity index (χ2v) is 8.92. The average molecular weight is 500 g/mol. The van der Waals surface area contributed by atoms with Crippen LogP contribution < -0.4 is 4.74 Å². The van der Waals surface area contributed by atoms with Gasteiger partial charge in [-0.1, -0.05) is 43.1 Å². The zero-order chi connectivity index (χ0) is 24.5. The Morgan fingerprint density at radius 1 is 1.03 bits per heavy atom. The van der Waals surface area contributed by atoms with Crippen LogP contribution in [0.15, 0.2) is 67.0 Å². The van der Waals surface area contributed by atoms with E-state index in [1.165, 1.54) is 30.5 Å². The molecule has 2 aromatic heterocycles. The molecule has 2 aromatic carbocycles. The second kappa shape index (κ2) is 9.44. The molecule has 0 fully saturated rings. The van der Waals surface area contributed by atoms with E-state index in [2.05, 4.69) is 9.97 Å². The summed E-state index contributed by atoms with van der Waals surface area (Å²) >= 11 is 12.4. The van der Waals surface area contributed by atoms with Crippen molar-refractivity contribution in [2.24, 2.45) is 0 Å². The molecule has 0 unspecified atom stereocenters. The predicted octanol–water partition coefficient (Wildman–Crippen LogP) is 6.32. The third-order valence-electron chi connectivity index (χ3n) is 5.53. The number of aromatic carboxylic acids is 1. The van der Waals surface area contributed by atoms with Crippen molar-refractivity contribution in [1.82, 2.24) is 14.5 Å². The lowest BCUT2D eigenvalue weighted by Crippen LogP contribution is -2.24. The zero-order valence-corrected chi connectivity index (χ0v) is 19.8. The minimum atomic E-state index is -1.07. The van der Waals surface area contributed by atoms with E-state index < -0.39 is 11.4 Å². The van der Waals surface area contributed by atoms with Crippen LogP contribution in [0.3, 0.4) is 0 Å². The van der Waals surface area contributed by atoms with Crippen LogP contribution in [0.2, 0.25) is 10.0 Å². The Labute approximate surface area is 205 Å². The van der Waals surface area contributed by atoms with E-state index in [9.17, 15) is 9.18 Å². The maximum atomic E-state index is 13.6. The predicted molar refractivity (Wildman–Crippen MR) is 128 cm³/mol. The first-order chi connectivity index (χ1) is 16.2. The van der Waals surface area contributed by atoms with E-state index in [1.807, 2.05) is 30.5 Å². The molecule has 4 rings (SSSR count). The minimum absolute atomic E-state index is 0.0498. The van der Waals surface area contributed by atoms with Crippen molar-refractivity contribution in [3.05, 3.63) is 105 Å². The van der Waals surface area contributed by atoms with Gasteiger partial charge in [0.2, 0.25) is 5.88 Å². The molecular weight excluding hydrogens is 480 g/mol. The highest BCUT2D eigenvalue weighted by Gasteiger charge is 2.30. The van der Waals surface area contributed by atoms with Crippen LogP contribution in [-0.4, -0.2) is 25.6 Å². The number of benzene rings is 2. The standard InChI is InChI=1S/C25H20Cl2FN3O3/c1-25(2,16-4-9-19(26)20(27)11-16)21-13-29-22(31(21)18-7-5-17(28)6-8-18)14-34-23-10-3-15(12-30-23)24(32)33/h3-13H,14H2,1-2H3,(H,32,33). The number of aromatic nitrogens is 3. The third kappa shape index (κ3) is 4.76. The topological polar surface area (TPSA) is 77.2 Å². The summed E-state index contributed by atoms with van der Waals surface area (Å²) in [6.07, 6.45) is 2.97. The molecule has 0 atom stereocenters. The number of imidazole rings is 1. The Kier molecular flexibility index (Phi) is 6.59. The van der Waals surface area contributed by atoms with Crippen LogP contribution in [0.1, 0.15) is 41.3 Å². The fraction of sp³-hybridized carbons (Fsp3) is 0.160. The molecule has 0 radical (unpaired) electrons. The van der Waals surface area contributed by atoms with Gasteiger partial charge in [-0.05, 0) is 48.0 Å². The fourth-order valence-corrected chi connectivity index (χ4v) is 3.87. The molecular formula is C25H20Cl2FN3O3. The molecule has 0 amide bonds. The van der Waals surface area contributed by atoms with Crippen molar-refractivity contribution >= 4 is 29.2 Å². The van der Waals surface area contributed by atoms with Crippen LogP contribution in [0, 0.1) is 5.82 Å². The monoisotopic (exact) mass is 499 g/mol. The number of carboxylic acid groups (broad SMARTS) is 1. The molecule has 34 heavy (non-hydrogen) atoms. The van der Waals surface area contributed by atoms with Crippen LogP contribution in [-0.2, 0) is 12.0 Å². The number of carboxylic acids is 1. The van der Waals surface area contributed by atoms with Gasteiger partial charge in [-0.25, -0.2) is 19.2 Å². The van der Waals surface area contributed by atoms with Crippen molar-refractivity contribution in [2.45, 2.75) is 25.9 Å². The summed E-state index contributed by atoms with van der Waals surface area (Å²) in [5.41, 5.74) is 1.96. The highest BCUT2D eigenvalue weighted by atomic mass is 35.5. The van der Waals surface area contributed by atoms with Gasteiger partial charge in [0.25, 0.3) is 0 Å². The Morgan fingerprint density at radius 3 is 2.38 bits per heavy atom. The number of carbonyl (C=O) groups is 1.